The molecular formula is C10H11N5O. The fourth-order valence-electron chi connectivity index (χ4n) is 1.20. The van der Waals surface area contributed by atoms with Crippen LogP contribution in [0.25, 0.3) is 0 Å². The predicted octanol–water partition coefficient (Wildman–Crippen LogP) is 1.14. The van der Waals surface area contributed by atoms with Crippen molar-refractivity contribution in [3.8, 4) is 11.6 Å². The summed E-state index contributed by atoms with van der Waals surface area (Å²) in [5.74, 6) is 1.27. The molecule has 0 amide bonds. The van der Waals surface area contributed by atoms with E-state index in [4.69, 9.17) is 16.2 Å². The number of nitrogen functional groups attached to an aromatic ring is 2. The predicted molar refractivity (Wildman–Crippen MR) is 59.9 cm³/mol. The smallest absolute Gasteiger partial charge is 0.226 e. The average molecular weight is 217 g/mol. The molecule has 0 saturated heterocycles. The van der Waals surface area contributed by atoms with E-state index in [1.165, 1.54) is 6.07 Å². The Morgan fingerprint density at radius 3 is 2.75 bits per heavy atom. The summed E-state index contributed by atoms with van der Waals surface area (Å²) in [4.78, 5) is 11.7. The van der Waals surface area contributed by atoms with Gasteiger partial charge in [0, 0.05) is 12.3 Å². The normalized spacial score (nSPS) is 10.1. The van der Waals surface area contributed by atoms with Crippen molar-refractivity contribution in [1.82, 2.24) is 15.0 Å². The summed E-state index contributed by atoms with van der Waals surface area (Å²) >= 11 is 0. The first-order valence-corrected chi connectivity index (χ1v) is 4.64. The lowest BCUT2D eigenvalue weighted by molar-refractivity contribution is 0.457. The zero-order valence-corrected chi connectivity index (χ0v) is 8.71. The van der Waals surface area contributed by atoms with E-state index in [1.807, 2.05) is 6.92 Å². The minimum absolute atomic E-state index is 0.0801. The molecule has 4 N–H and O–H groups in total. The minimum atomic E-state index is 0.0801. The average Bonchev–Trinajstić information content (AvgIpc) is 2.20. The Balaban J connectivity index is 2.30. The zero-order valence-electron chi connectivity index (χ0n) is 8.71. The lowest BCUT2D eigenvalue weighted by Crippen LogP contribution is -2.01. The summed E-state index contributed by atoms with van der Waals surface area (Å²) in [5, 5.41) is 0. The van der Waals surface area contributed by atoms with E-state index in [2.05, 4.69) is 15.0 Å². The van der Waals surface area contributed by atoms with E-state index in [9.17, 15) is 0 Å². The highest BCUT2D eigenvalue weighted by Crippen LogP contribution is 2.22. The number of rotatable bonds is 2. The number of nitrogens with zero attached hydrogens (tertiary/aromatic N) is 3. The molecule has 0 radical (unpaired) electrons. The Labute approximate surface area is 92.3 Å². The Morgan fingerprint density at radius 1 is 1.25 bits per heavy atom. The largest absolute Gasteiger partial charge is 0.437 e. The van der Waals surface area contributed by atoms with Crippen molar-refractivity contribution in [2.45, 2.75) is 6.92 Å². The fourth-order valence-corrected chi connectivity index (χ4v) is 1.20. The third-order valence-corrected chi connectivity index (χ3v) is 1.91. The maximum Gasteiger partial charge on any atom is 0.226 e. The quantitative estimate of drug-likeness (QED) is 0.782. The van der Waals surface area contributed by atoms with Crippen LogP contribution in [-0.4, -0.2) is 15.0 Å². The summed E-state index contributed by atoms with van der Waals surface area (Å²) in [7, 11) is 0. The van der Waals surface area contributed by atoms with Gasteiger partial charge in [-0.15, -0.1) is 0 Å². The molecule has 0 aromatic carbocycles. The summed E-state index contributed by atoms with van der Waals surface area (Å²) in [6, 6.07) is 5.07. The molecule has 0 unspecified atom stereocenters. The van der Waals surface area contributed by atoms with E-state index >= 15 is 0 Å². The van der Waals surface area contributed by atoms with Gasteiger partial charge in [-0.25, -0.2) is 0 Å². The van der Waals surface area contributed by atoms with Gasteiger partial charge < -0.3 is 16.2 Å². The van der Waals surface area contributed by atoms with Crippen LogP contribution in [0.1, 0.15) is 5.69 Å². The van der Waals surface area contributed by atoms with Crippen LogP contribution in [0.15, 0.2) is 24.4 Å². The van der Waals surface area contributed by atoms with E-state index in [-0.39, 0.29) is 11.8 Å². The summed E-state index contributed by atoms with van der Waals surface area (Å²) in [6.45, 7) is 1.84. The molecule has 16 heavy (non-hydrogen) atoms. The van der Waals surface area contributed by atoms with Crippen molar-refractivity contribution in [3.63, 3.8) is 0 Å². The van der Waals surface area contributed by atoms with E-state index in [0.29, 0.717) is 11.6 Å². The van der Waals surface area contributed by atoms with Crippen LogP contribution in [-0.2, 0) is 0 Å². The Morgan fingerprint density at radius 2 is 2.06 bits per heavy atom. The van der Waals surface area contributed by atoms with E-state index < -0.39 is 0 Å². The second-order valence-corrected chi connectivity index (χ2v) is 3.18. The van der Waals surface area contributed by atoms with Gasteiger partial charge in [0.1, 0.15) is 5.82 Å². The number of aromatic nitrogens is 3. The molecule has 6 heteroatoms. The molecule has 2 rings (SSSR count). The van der Waals surface area contributed by atoms with Crippen molar-refractivity contribution in [3.05, 3.63) is 30.1 Å². The molecule has 0 aliphatic heterocycles. The Hall–Kier alpha value is -2.37. The van der Waals surface area contributed by atoms with Crippen molar-refractivity contribution in [2.24, 2.45) is 0 Å². The zero-order chi connectivity index (χ0) is 11.5. The second kappa shape index (κ2) is 4.01. The van der Waals surface area contributed by atoms with Crippen LogP contribution < -0.4 is 16.2 Å². The van der Waals surface area contributed by atoms with E-state index in [0.717, 1.165) is 5.69 Å². The minimum Gasteiger partial charge on any atom is -0.437 e. The van der Waals surface area contributed by atoms with Crippen LogP contribution in [0.2, 0.25) is 0 Å². The SMILES string of the molecule is Cc1ncccc1Oc1cc(N)nc(N)n1. The molecule has 0 fully saturated rings. The molecule has 0 aliphatic rings. The molecule has 0 bridgehead atoms. The third kappa shape index (κ3) is 2.17. The van der Waals surface area contributed by atoms with Crippen LogP contribution in [0, 0.1) is 6.92 Å². The van der Waals surface area contributed by atoms with Gasteiger partial charge in [-0.2, -0.15) is 9.97 Å². The monoisotopic (exact) mass is 217 g/mol. The number of hydrogen-bond donors (Lipinski definition) is 2. The first-order chi connectivity index (χ1) is 7.65. The highest BCUT2D eigenvalue weighted by atomic mass is 16.5. The molecule has 2 aromatic rings. The van der Waals surface area contributed by atoms with Crippen LogP contribution in [0.4, 0.5) is 11.8 Å². The van der Waals surface area contributed by atoms with Gasteiger partial charge in [-0.05, 0) is 19.1 Å². The number of hydrogen-bond acceptors (Lipinski definition) is 6. The molecule has 82 valence electrons. The molecule has 0 saturated carbocycles. The maximum absolute atomic E-state index is 5.52. The maximum atomic E-state index is 5.52. The third-order valence-electron chi connectivity index (χ3n) is 1.91. The second-order valence-electron chi connectivity index (χ2n) is 3.18. The van der Waals surface area contributed by atoms with Gasteiger partial charge in [0.2, 0.25) is 11.8 Å². The highest BCUT2D eigenvalue weighted by molar-refractivity contribution is 5.40. The fraction of sp³-hybridized carbons (Fsp3) is 0.100. The van der Waals surface area contributed by atoms with Crippen LogP contribution >= 0.6 is 0 Å². The summed E-state index contributed by atoms with van der Waals surface area (Å²) in [6.07, 6.45) is 1.69. The number of pyridine rings is 1. The standard InChI is InChI=1S/C10H11N5O/c1-6-7(3-2-4-13-6)16-9-5-8(11)14-10(12)15-9/h2-5H,1H3,(H4,11,12,14,15). The highest BCUT2D eigenvalue weighted by Gasteiger charge is 2.04. The van der Waals surface area contributed by atoms with Gasteiger partial charge >= 0.3 is 0 Å². The van der Waals surface area contributed by atoms with Gasteiger partial charge in [-0.3, -0.25) is 4.98 Å². The van der Waals surface area contributed by atoms with Crippen molar-refractivity contribution >= 4 is 11.8 Å². The Kier molecular flexibility index (Phi) is 2.55. The van der Waals surface area contributed by atoms with Gasteiger partial charge in [0.05, 0.1) is 5.69 Å². The molecule has 0 aliphatic carbocycles. The first-order valence-electron chi connectivity index (χ1n) is 4.64. The van der Waals surface area contributed by atoms with Crippen LogP contribution in [0.5, 0.6) is 11.6 Å². The van der Waals surface area contributed by atoms with Gasteiger partial charge in [0.15, 0.2) is 5.75 Å². The lowest BCUT2D eigenvalue weighted by atomic mass is 10.3. The number of aryl methyl sites for hydroxylation is 1. The molecule has 2 aromatic heterocycles. The van der Waals surface area contributed by atoms with Crippen molar-refractivity contribution in [2.75, 3.05) is 11.5 Å². The van der Waals surface area contributed by atoms with E-state index in [1.54, 1.807) is 18.3 Å². The lowest BCUT2D eigenvalue weighted by Gasteiger charge is -2.07. The molecule has 2 heterocycles. The number of anilines is 2. The van der Waals surface area contributed by atoms with Crippen molar-refractivity contribution < 1.29 is 4.74 Å². The van der Waals surface area contributed by atoms with Crippen molar-refractivity contribution in [1.29, 1.82) is 0 Å². The van der Waals surface area contributed by atoms with Gasteiger partial charge in [-0.1, -0.05) is 0 Å². The molecular weight excluding hydrogens is 206 g/mol. The molecule has 0 spiro atoms. The topological polar surface area (TPSA) is 99.9 Å². The summed E-state index contributed by atoms with van der Waals surface area (Å²) < 4.78 is 5.50. The van der Waals surface area contributed by atoms with Crippen LogP contribution in [0.3, 0.4) is 0 Å². The molecule has 6 nitrogen and oxygen atoms in total. The molecule has 0 atom stereocenters. The van der Waals surface area contributed by atoms with Gasteiger partial charge in [0.25, 0.3) is 0 Å². The summed E-state index contributed by atoms with van der Waals surface area (Å²) in [5.41, 5.74) is 11.7. The Bertz CT molecular complexity index is 494. The number of nitrogens with two attached hydrogens (primary N) is 2. The first kappa shape index (κ1) is 10.2. The number of ether oxygens (including phenoxy) is 1.